The molecule has 0 bridgehead atoms. The smallest absolute Gasteiger partial charge is 0.449 e. The van der Waals surface area contributed by atoms with E-state index in [-0.39, 0.29) is 0 Å². The van der Waals surface area contributed by atoms with Gasteiger partial charge in [-0.15, -0.1) is 0 Å². The number of benzene rings is 1. The molecule has 1 saturated carbocycles. The predicted molar refractivity (Wildman–Crippen MR) is 81.9 cm³/mol. The number of hydrogen-bond acceptors (Lipinski definition) is 6. The van der Waals surface area contributed by atoms with Crippen molar-refractivity contribution in [2.45, 2.75) is 44.4 Å². The van der Waals surface area contributed by atoms with E-state index in [4.69, 9.17) is 4.74 Å². The molecular formula is C14H13F3N4O5. The summed E-state index contributed by atoms with van der Waals surface area (Å²) in [7, 11) is 0. The second-order valence-electron chi connectivity index (χ2n) is 5.94. The molecule has 9 nitrogen and oxygen atoms in total. The molecule has 12 heteroatoms. The molecule has 26 heavy (non-hydrogen) atoms. The first-order valence-electron chi connectivity index (χ1n) is 7.78. The van der Waals surface area contributed by atoms with Gasteiger partial charge in [0.05, 0.1) is 16.0 Å². The van der Waals surface area contributed by atoms with Gasteiger partial charge in [-0.1, -0.05) is 6.42 Å². The van der Waals surface area contributed by atoms with Crippen molar-refractivity contribution in [3.63, 3.8) is 0 Å². The topological polar surface area (TPSA) is 124 Å². The Morgan fingerprint density at radius 3 is 2.27 bits per heavy atom. The number of nitro groups is 2. The molecule has 2 aromatic rings. The molecule has 0 amide bonds. The molecule has 1 aliphatic carbocycles. The van der Waals surface area contributed by atoms with Crippen LogP contribution < -0.4 is 4.74 Å². The molecule has 3 rings (SSSR count). The van der Waals surface area contributed by atoms with Gasteiger partial charge < -0.3 is 9.72 Å². The van der Waals surface area contributed by atoms with E-state index in [0.717, 1.165) is 19.3 Å². The number of imidazole rings is 1. The van der Waals surface area contributed by atoms with Crippen LogP contribution in [0.4, 0.5) is 24.5 Å². The Hall–Kier alpha value is -2.92. The Bertz CT molecular complexity index is 874. The van der Waals surface area contributed by atoms with Crippen LogP contribution in [0.2, 0.25) is 0 Å². The molecule has 0 saturated heterocycles. The molecule has 0 atom stereocenters. The average Bonchev–Trinajstić information content (AvgIpc) is 3.01. The van der Waals surface area contributed by atoms with E-state index >= 15 is 0 Å². The minimum absolute atomic E-state index is 0.412. The van der Waals surface area contributed by atoms with Crippen LogP contribution in [0.15, 0.2) is 6.07 Å². The van der Waals surface area contributed by atoms with Gasteiger partial charge in [0.25, 0.3) is 0 Å². The van der Waals surface area contributed by atoms with Crippen molar-refractivity contribution in [1.82, 2.24) is 9.97 Å². The van der Waals surface area contributed by atoms with Gasteiger partial charge in [-0.05, 0) is 25.7 Å². The minimum Gasteiger partial charge on any atom is -0.482 e. The first kappa shape index (κ1) is 17.9. The van der Waals surface area contributed by atoms with Gasteiger partial charge in [0.2, 0.25) is 11.6 Å². The molecule has 1 aromatic heterocycles. The van der Waals surface area contributed by atoms with Crippen LogP contribution in [-0.2, 0) is 6.18 Å². The quantitative estimate of drug-likeness (QED) is 0.634. The lowest BCUT2D eigenvalue weighted by atomic mass is 9.98. The summed E-state index contributed by atoms with van der Waals surface area (Å²) in [5.74, 6) is -1.94. The normalized spacial score (nSPS) is 16.0. The van der Waals surface area contributed by atoms with Gasteiger partial charge in [-0.25, -0.2) is 4.98 Å². The first-order chi connectivity index (χ1) is 12.2. The van der Waals surface area contributed by atoms with Crippen LogP contribution in [0.1, 0.15) is 37.9 Å². The van der Waals surface area contributed by atoms with Crippen LogP contribution in [-0.4, -0.2) is 25.9 Å². The minimum atomic E-state index is -4.90. The molecule has 0 aliphatic heterocycles. The number of alkyl halides is 3. The number of H-pyrrole nitrogens is 1. The summed E-state index contributed by atoms with van der Waals surface area (Å²) in [6, 6.07) is 0.585. The number of aromatic amines is 1. The van der Waals surface area contributed by atoms with Crippen molar-refractivity contribution in [2.24, 2.45) is 0 Å². The molecule has 1 aromatic carbocycles. The van der Waals surface area contributed by atoms with Gasteiger partial charge >= 0.3 is 17.6 Å². The lowest BCUT2D eigenvalue weighted by molar-refractivity contribution is -0.393. The lowest BCUT2D eigenvalue weighted by Crippen LogP contribution is -2.20. The summed E-state index contributed by atoms with van der Waals surface area (Å²) in [6.45, 7) is 0. The maximum atomic E-state index is 13.0. The molecule has 1 N–H and O–H groups in total. The van der Waals surface area contributed by atoms with Crippen LogP contribution >= 0.6 is 0 Å². The Balaban J connectivity index is 2.23. The van der Waals surface area contributed by atoms with Crippen molar-refractivity contribution in [2.75, 3.05) is 0 Å². The molecule has 1 aliphatic rings. The van der Waals surface area contributed by atoms with E-state index in [1.165, 1.54) is 0 Å². The molecule has 1 heterocycles. The van der Waals surface area contributed by atoms with Crippen molar-refractivity contribution in [1.29, 1.82) is 0 Å². The third-order valence-electron chi connectivity index (χ3n) is 4.18. The largest absolute Gasteiger partial charge is 0.482 e. The number of non-ortho nitro benzene ring substituents is 1. The summed E-state index contributed by atoms with van der Waals surface area (Å²) < 4.78 is 44.5. The highest BCUT2D eigenvalue weighted by atomic mass is 19.4. The molecular weight excluding hydrogens is 361 g/mol. The molecule has 0 unspecified atom stereocenters. The molecule has 140 valence electrons. The number of ether oxygens (including phenoxy) is 1. The number of hydrogen-bond donors (Lipinski definition) is 1. The summed E-state index contributed by atoms with van der Waals surface area (Å²) in [5, 5.41) is 22.5. The number of fused-ring (bicyclic) bond motifs is 1. The van der Waals surface area contributed by atoms with E-state index < -0.39 is 56.1 Å². The van der Waals surface area contributed by atoms with Crippen molar-refractivity contribution < 1.29 is 27.8 Å². The highest BCUT2D eigenvalue weighted by Crippen LogP contribution is 2.43. The summed E-state index contributed by atoms with van der Waals surface area (Å²) in [6.07, 6.45) is -1.50. The van der Waals surface area contributed by atoms with Crippen LogP contribution in [0.3, 0.4) is 0 Å². The van der Waals surface area contributed by atoms with E-state index in [1.807, 2.05) is 4.98 Å². The standard InChI is InChI=1S/C14H13F3N4O5/c15-14(16,17)13-18-10-8(20(22)23)6-9(21(24)25)12(11(10)19-13)26-7-4-2-1-3-5-7/h6-7H,1-5H2,(H,18,19). The second-order valence-corrected chi connectivity index (χ2v) is 5.94. The number of rotatable bonds is 4. The fourth-order valence-corrected chi connectivity index (χ4v) is 2.99. The fourth-order valence-electron chi connectivity index (χ4n) is 2.99. The SMILES string of the molecule is O=[N+]([O-])c1cc([N+](=O)[O-])c2nc(C(F)(F)F)[nH]c2c1OC1CCCCC1. The van der Waals surface area contributed by atoms with Gasteiger partial charge in [-0.2, -0.15) is 13.2 Å². The van der Waals surface area contributed by atoms with Crippen LogP contribution in [0.5, 0.6) is 5.75 Å². The number of nitrogens with zero attached hydrogens (tertiary/aromatic N) is 3. The lowest BCUT2D eigenvalue weighted by Gasteiger charge is -2.22. The third kappa shape index (κ3) is 3.26. The highest BCUT2D eigenvalue weighted by Gasteiger charge is 2.39. The van der Waals surface area contributed by atoms with Gasteiger partial charge in [0, 0.05) is 0 Å². The number of aromatic nitrogens is 2. The van der Waals surface area contributed by atoms with Crippen LogP contribution in [0, 0.1) is 20.2 Å². The number of nitro benzene ring substituents is 2. The maximum absolute atomic E-state index is 13.0. The zero-order chi connectivity index (χ0) is 19.1. The Kier molecular flexibility index (Phi) is 4.42. The number of nitrogens with one attached hydrogen (secondary N) is 1. The van der Waals surface area contributed by atoms with E-state index in [9.17, 15) is 33.4 Å². The van der Waals surface area contributed by atoms with Gasteiger partial charge in [-0.3, -0.25) is 20.2 Å². The zero-order valence-corrected chi connectivity index (χ0v) is 13.2. The van der Waals surface area contributed by atoms with Crippen molar-refractivity contribution in [3.05, 3.63) is 32.1 Å². The van der Waals surface area contributed by atoms with Crippen molar-refractivity contribution >= 4 is 22.4 Å². The maximum Gasteiger partial charge on any atom is 0.449 e. The zero-order valence-electron chi connectivity index (χ0n) is 13.2. The van der Waals surface area contributed by atoms with Gasteiger partial charge in [0.15, 0.2) is 5.52 Å². The highest BCUT2D eigenvalue weighted by molar-refractivity contribution is 5.93. The molecule has 0 spiro atoms. The predicted octanol–water partition coefficient (Wildman–Crippen LogP) is 4.11. The summed E-state index contributed by atoms with van der Waals surface area (Å²) in [5.41, 5.74) is -2.79. The molecule has 0 radical (unpaired) electrons. The third-order valence-corrected chi connectivity index (χ3v) is 4.18. The monoisotopic (exact) mass is 374 g/mol. The van der Waals surface area contributed by atoms with E-state index in [1.54, 1.807) is 0 Å². The van der Waals surface area contributed by atoms with Crippen LogP contribution in [0.25, 0.3) is 11.0 Å². The summed E-state index contributed by atoms with van der Waals surface area (Å²) >= 11 is 0. The first-order valence-corrected chi connectivity index (χ1v) is 7.78. The van der Waals surface area contributed by atoms with E-state index in [0.29, 0.717) is 18.9 Å². The van der Waals surface area contributed by atoms with Gasteiger partial charge in [0.1, 0.15) is 11.6 Å². The Labute approximate surface area is 143 Å². The van der Waals surface area contributed by atoms with E-state index in [2.05, 4.69) is 4.98 Å². The fraction of sp³-hybridized carbons (Fsp3) is 0.500. The Morgan fingerprint density at radius 2 is 1.73 bits per heavy atom. The average molecular weight is 374 g/mol. The number of halogens is 3. The van der Waals surface area contributed by atoms with Crippen molar-refractivity contribution in [3.8, 4) is 5.75 Å². The molecule has 1 fully saturated rings. The second kappa shape index (κ2) is 6.42. The summed E-state index contributed by atoms with van der Waals surface area (Å²) in [4.78, 5) is 25.7. The Morgan fingerprint density at radius 1 is 1.12 bits per heavy atom.